The van der Waals surface area contributed by atoms with Crippen LogP contribution >= 0.6 is 35.4 Å². The summed E-state index contributed by atoms with van der Waals surface area (Å²) in [5, 5.41) is 12.9. The number of nitrogens with zero attached hydrogens (tertiary/aromatic N) is 4. The summed E-state index contributed by atoms with van der Waals surface area (Å²) in [7, 11) is 0. The van der Waals surface area contributed by atoms with Crippen molar-refractivity contribution in [2.75, 3.05) is 0 Å². The van der Waals surface area contributed by atoms with E-state index in [2.05, 4.69) is 19.9 Å². The van der Waals surface area contributed by atoms with E-state index in [1.54, 1.807) is 19.2 Å². The van der Waals surface area contributed by atoms with Crippen LogP contribution in [0.1, 0.15) is 16.8 Å². The summed E-state index contributed by atoms with van der Waals surface area (Å²) >= 11 is 17.5. The number of halogens is 2. The van der Waals surface area contributed by atoms with E-state index in [1.165, 1.54) is 0 Å². The number of aryl methyl sites for hydroxylation is 1. The van der Waals surface area contributed by atoms with Gasteiger partial charge in [0.25, 0.3) is 5.56 Å². The number of benzene rings is 2. The highest BCUT2D eigenvalue weighted by molar-refractivity contribution is 7.71. The lowest BCUT2D eigenvalue weighted by Crippen LogP contribution is -2.22. The molecule has 6 nitrogen and oxygen atoms in total. The highest BCUT2D eigenvalue weighted by atomic mass is 35.5. The maximum atomic E-state index is 12.3. The summed E-state index contributed by atoms with van der Waals surface area (Å²) in [4.78, 5) is 12.3. The fourth-order valence-corrected chi connectivity index (χ4v) is 3.68. The Kier molecular flexibility index (Phi) is 5.36. The molecule has 4 rings (SSSR count). The van der Waals surface area contributed by atoms with Crippen LogP contribution in [0.25, 0.3) is 10.9 Å². The molecule has 0 radical (unpaired) electrons. The molecule has 0 amide bonds. The Morgan fingerprint density at radius 1 is 1.24 bits per heavy atom. The lowest BCUT2D eigenvalue weighted by atomic mass is 10.2. The van der Waals surface area contributed by atoms with Crippen LogP contribution < -0.4 is 5.56 Å². The molecular formula is C20H15Cl2N5OS. The average molecular weight is 444 g/mol. The summed E-state index contributed by atoms with van der Waals surface area (Å²) in [6.07, 6.45) is 3.58. The van der Waals surface area contributed by atoms with Crippen molar-refractivity contribution in [3.63, 3.8) is 0 Å². The number of hydrogen-bond acceptors (Lipinski definition) is 4. The molecule has 0 fully saturated rings. The molecule has 0 saturated heterocycles. The van der Waals surface area contributed by atoms with Gasteiger partial charge in [0, 0.05) is 39.3 Å². The Balaban J connectivity index is 1.78. The zero-order chi connectivity index (χ0) is 20.5. The lowest BCUT2D eigenvalue weighted by Gasteiger charge is -2.08. The van der Waals surface area contributed by atoms with Gasteiger partial charge < -0.3 is 4.57 Å². The highest BCUT2D eigenvalue weighted by Crippen LogP contribution is 2.25. The van der Waals surface area contributed by atoms with Gasteiger partial charge in [0.1, 0.15) is 5.69 Å². The molecule has 9 heteroatoms. The van der Waals surface area contributed by atoms with Gasteiger partial charge in [-0.2, -0.15) is 14.9 Å². The van der Waals surface area contributed by atoms with Crippen molar-refractivity contribution in [3.8, 4) is 0 Å². The number of aromatic nitrogens is 4. The van der Waals surface area contributed by atoms with E-state index >= 15 is 0 Å². The quantitative estimate of drug-likeness (QED) is 0.363. The Hall–Kier alpha value is -2.74. The van der Waals surface area contributed by atoms with Crippen LogP contribution in [0.2, 0.25) is 10.0 Å². The molecule has 29 heavy (non-hydrogen) atoms. The van der Waals surface area contributed by atoms with Gasteiger partial charge in [-0.1, -0.05) is 47.5 Å². The minimum Gasteiger partial charge on any atom is -0.342 e. The minimum absolute atomic E-state index is 0.133. The Morgan fingerprint density at radius 2 is 2.03 bits per heavy atom. The SMILES string of the molecule is Cc1n[nH]c(=S)n(/N=C/c2cn(Cc3ccc(Cl)cc3Cl)c3ccccc23)c1=O. The van der Waals surface area contributed by atoms with Gasteiger partial charge in [0.05, 0.1) is 6.21 Å². The molecule has 4 aromatic rings. The third-order valence-electron chi connectivity index (χ3n) is 4.50. The number of rotatable bonds is 4. The molecule has 2 aromatic heterocycles. The van der Waals surface area contributed by atoms with Crippen molar-refractivity contribution in [1.82, 2.24) is 19.4 Å². The summed E-state index contributed by atoms with van der Waals surface area (Å²) in [6.45, 7) is 2.17. The standard InChI is InChI=1S/C20H15Cl2N5OS/c1-12-19(28)27(20(29)25-24-12)23-9-14-11-26(18-5-3-2-4-16(14)18)10-13-6-7-15(21)8-17(13)22/h2-9,11H,10H2,1H3,(H,25,29)/b23-9+. The fraction of sp³-hybridized carbons (Fsp3) is 0.100. The molecule has 0 aliphatic rings. The summed E-state index contributed by atoms with van der Waals surface area (Å²) in [5.41, 5.74) is 2.74. The second-order valence-electron chi connectivity index (χ2n) is 6.44. The van der Waals surface area contributed by atoms with Gasteiger partial charge in [0.15, 0.2) is 0 Å². The lowest BCUT2D eigenvalue weighted by molar-refractivity contribution is 0.720. The van der Waals surface area contributed by atoms with Gasteiger partial charge in [-0.3, -0.25) is 9.89 Å². The summed E-state index contributed by atoms with van der Waals surface area (Å²) < 4.78 is 3.33. The number of para-hydroxylation sites is 1. The number of hydrogen-bond donors (Lipinski definition) is 1. The molecule has 0 unspecified atom stereocenters. The number of nitrogens with one attached hydrogen (secondary N) is 1. The van der Waals surface area contributed by atoms with Crippen molar-refractivity contribution in [3.05, 3.63) is 90.7 Å². The van der Waals surface area contributed by atoms with E-state index < -0.39 is 0 Å². The van der Waals surface area contributed by atoms with Crippen molar-refractivity contribution < 1.29 is 0 Å². The zero-order valence-corrected chi connectivity index (χ0v) is 17.6. The van der Waals surface area contributed by atoms with E-state index in [0.717, 1.165) is 26.7 Å². The minimum atomic E-state index is -0.360. The summed E-state index contributed by atoms with van der Waals surface area (Å²) in [6, 6.07) is 13.4. The fourth-order valence-electron chi connectivity index (χ4n) is 3.04. The van der Waals surface area contributed by atoms with Gasteiger partial charge in [-0.05, 0) is 42.9 Å². The third kappa shape index (κ3) is 3.89. The Bertz CT molecular complexity index is 1370. The normalized spacial score (nSPS) is 11.6. The summed E-state index contributed by atoms with van der Waals surface area (Å²) in [5.74, 6) is 0. The van der Waals surface area contributed by atoms with E-state index in [-0.39, 0.29) is 16.0 Å². The molecule has 0 saturated carbocycles. The van der Waals surface area contributed by atoms with Crippen LogP contribution in [0.15, 0.2) is 58.6 Å². The van der Waals surface area contributed by atoms with Crippen molar-refractivity contribution in [2.45, 2.75) is 13.5 Å². The number of H-pyrrole nitrogens is 1. The monoisotopic (exact) mass is 443 g/mol. The number of aromatic amines is 1. The van der Waals surface area contributed by atoms with E-state index in [0.29, 0.717) is 16.6 Å². The second kappa shape index (κ2) is 7.94. The van der Waals surface area contributed by atoms with Crippen LogP contribution in [0.4, 0.5) is 0 Å². The predicted molar refractivity (Wildman–Crippen MR) is 119 cm³/mol. The first-order valence-electron chi connectivity index (χ1n) is 8.68. The molecule has 0 spiro atoms. The molecule has 0 aliphatic heterocycles. The smallest absolute Gasteiger partial charge is 0.296 e. The maximum Gasteiger partial charge on any atom is 0.296 e. The molecule has 0 atom stereocenters. The largest absolute Gasteiger partial charge is 0.342 e. The van der Waals surface area contributed by atoms with Crippen LogP contribution in [-0.2, 0) is 6.54 Å². The van der Waals surface area contributed by atoms with Gasteiger partial charge in [0.2, 0.25) is 4.77 Å². The first kappa shape index (κ1) is 19.6. The van der Waals surface area contributed by atoms with Crippen LogP contribution in [-0.4, -0.2) is 25.7 Å². The third-order valence-corrected chi connectivity index (χ3v) is 5.35. The van der Waals surface area contributed by atoms with E-state index in [9.17, 15) is 4.79 Å². The number of fused-ring (bicyclic) bond motifs is 1. The van der Waals surface area contributed by atoms with E-state index in [1.807, 2.05) is 42.6 Å². The zero-order valence-electron chi connectivity index (χ0n) is 15.3. The van der Waals surface area contributed by atoms with Crippen molar-refractivity contribution in [1.29, 1.82) is 0 Å². The molecule has 2 aromatic carbocycles. The Morgan fingerprint density at radius 3 is 2.83 bits per heavy atom. The van der Waals surface area contributed by atoms with Crippen LogP contribution in [0.5, 0.6) is 0 Å². The van der Waals surface area contributed by atoms with Gasteiger partial charge in [-0.25, -0.2) is 0 Å². The van der Waals surface area contributed by atoms with Gasteiger partial charge >= 0.3 is 0 Å². The first-order valence-corrected chi connectivity index (χ1v) is 9.85. The van der Waals surface area contributed by atoms with E-state index in [4.69, 9.17) is 35.4 Å². The Labute approximate surface area is 181 Å². The first-order chi connectivity index (χ1) is 13.9. The molecule has 0 aliphatic carbocycles. The van der Waals surface area contributed by atoms with Crippen molar-refractivity contribution >= 4 is 52.5 Å². The van der Waals surface area contributed by atoms with Gasteiger partial charge in [-0.15, -0.1) is 0 Å². The molecule has 1 N–H and O–H groups in total. The molecular weight excluding hydrogens is 429 g/mol. The van der Waals surface area contributed by atoms with Crippen molar-refractivity contribution in [2.24, 2.45) is 5.10 Å². The highest BCUT2D eigenvalue weighted by Gasteiger charge is 2.10. The molecule has 146 valence electrons. The van der Waals surface area contributed by atoms with Crippen LogP contribution in [0.3, 0.4) is 0 Å². The average Bonchev–Trinajstić information content (AvgIpc) is 3.05. The predicted octanol–water partition coefficient (Wildman–Crippen LogP) is 4.80. The maximum absolute atomic E-state index is 12.3. The molecule has 2 heterocycles. The topological polar surface area (TPSA) is 68.0 Å². The second-order valence-corrected chi connectivity index (χ2v) is 7.67. The molecule has 0 bridgehead atoms. The van der Waals surface area contributed by atoms with Crippen LogP contribution in [0, 0.1) is 11.7 Å².